The summed E-state index contributed by atoms with van der Waals surface area (Å²) in [7, 11) is 0.810. The minimum absolute atomic E-state index is 0.810. The highest BCUT2D eigenvalue weighted by Gasteiger charge is 2.21. The maximum Gasteiger partial charge on any atom is 0.108 e. The molecule has 1 aliphatic heterocycles. The van der Waals surface area contributed by atoms with Crippen LogP contribution < -0.4 is 0 Å². The molecule has 8 heavy (non-hydrogen) atoms. The van der Waals surface area contributed by atoms with Gasteiger partial charge >= 0.3 is 0 Å². The maximum absolute atomic E-state index is 3.86. The van der Waals surface area contributed by atoms with Crippen molar-refractivity contribution in [1.82, 2.24) is 0 Å². The smallest absolute Gasteiger partial charge is 0.0487 e. The van der Waals surface area contributed by atoms with Crippen LogP contribution in [0.3, 0.4) is 0 Å². The van der Waals surface area contributed by atoms with Gasteiger partial charge in [0.1, 0.15) is 17.3 Å². The van der Waals surface area contributed by atoms with E-state index in [1.165, 1.54) is 30.1 Å². The minimum atomic E-state index is 0.810. The topological polar surface area (TPSA) is 0 Å². The molecule has 0 amide bonds. The van der Waals surface area contributed by atoms with Crippen molar-refractivity contribution in [3.05, 3.63) is 6.92 Å². The van der Waals surface area contributed by atoms with E-state index in [0.29, 0.717) is 0 Å². The summed E-state index contributed by atoms with van der Waals surface area (Å²) in [4.78, 5) is 0. The fraction of sp³-hybridized carbons (Fsp3) is 0.857. The summed E-state index contributed by atoms with van der Waals surface area (Å²) in [6, 6.07) is 0. The van der Waals surface area contributed by atoms with Gasteiger partial charge in [0.05, 0.1) is 0 Å². The zero-order valence-corrected chi connectivity index (χ0v) is 6.17. The Hall–Kier alpha value is 0.350. The fourth-order valence-corrected chi connectivity index (χ4v) is 3.37. The number of hydrogen-bond donors (Lipinski definition) is 0. The molecule has 0 nitrogen and oxygen atoms in total. The first-order valence-electron chi connectivity index (χ1n) is 3.37. The molecule has 0 aromatic carbocycles. The molecule has 1 radical (unpaired) electrons. The molecule has 0 aromatic rings. The molecule has 0 aromatic heterocycles. The zero-order chi connectivity index (χ0) is 5.82. The van der Waals surface area contributed by atoms with Crippen molar-refractivity contribution in [2.75, 3.05) is 17.3 Å². The Bertz CT molecular complexity index is 55.4. The second-order valence-corrected chi connectivity index (χ2v) is 4.73. The summed E-state index contributed by atoms with van der Waals surface area (Å²) >= 11 is 0. The normalized spacial score (nSPS) is 22.1. The Kier molecular flexibility index (Phi) is 2.74. The monoisotopic (exact) mass is 130 g/mol. The number of hydrogen-bond acceptors (Lipinski definition) is 0. The average molecular weight is 130 g/mol. The van der Waals surface area contributed by atoms with Gasteiger partial charge in [0.15, 0.2) is 0 Å². The Morgan fingerprint density at radius 3 is 2.38 bits per heavy atom. The van der Waals surface area contributed by atoms with Gasteiger partial charge in [-0.05, 0) is 37.1 Å². The predicted molar refractivity (Wildman–Crippen MR) is 41.2 cm³/mol. The van der Waals surface area contributed by atoms with Crippen LogP contribution in [-0.2, 0) is 10.9 Å². The van der Waals surface area contributed by atoms with Crippen LogP contribution in [0, 0.1) is 6.92 Å². The van der Waals surface area contributed by atoms with Gasteiger partial charge in [0.25, 0.3) is 0 Å². The van der Waals surface area contributed by atoms with Crippen molar-refractivity contribution in [2.24, 2.45) is 0 Å². The van der Waals surface area contributed by atoms with Crippen molar-refractivity contribution in [3.8, 4) is 0 Å². The van der Waals surface area contributed by atoms with Crippen LogP contribution in [-0.4, -0.2) is 17.3 Å². The summed E-state index contributed by atoms with van der Waals surface area (Å²) in [5, 5.41) is 0. The summed E-state index contributed by atoms with van der Waals surface area (Å²) in [5.41, 5.74) is 0. The highest BCUT2D eigenvalue weighted by atomic mass is 32.2. The van der Waals surface area contributed by atoms with E-state index in [9.17, 15) is 0 Å². The van der Waals surface area contributed by atoms with Crippen LogP contribution in [0.1, 0.15) is 19.3 Å². The molecule has 0 bridgehead atoms. The molecule has 0 atom stereocenters. The van der Waals surface area contributed by atoms with Gasteiger partial charge in [-0.2, -0.15) is 0 Å². The van der Waals surface area contributed by atoms with E-state index in [1.54, 1.807) is 0 Å². The Balaban J connectivity index is 2.06. The molecule has 0 aliphatic carbocycles. The van der Waals surface area contributed by atoms with Crippen LogP contribution in [0.5, 0.6) is 0 Å². The predicted octanol–water partition coefficient (Wildman–Crippen LogP) is 1.62. The van der Waals surface area contributed by atoms with Crippen molar-refractivity contribution >= 4 is 10.9 Å². The van der Waals surface area contributed by atoms with E-state index in [-0.39, 0.29) is 0 Å². The molecule has 0 spiro atoms. The quantitative estimate of drug-likeness (QED) is 0.498. The molecule has 1 fully saturated rings. The van der Waals surface area contributed by atoms with Gasteiger partial charge in [0.2, 0.25) is 0 Å². The highest BCUT2D eigenvalue weighted by molar-refractivity contribution is 7.97. The van der Waals surface area contributed by atoms with E-state index in [2.05, 4.69) is 6.92 Å². The lowest BCUT2D eigenvalue weighted by Crippen LogP contribution is -2.07. The van der Waals surface area contributed by atoms with E-state index in [4.69, 9.17) is 0 Å². The zero-order valence-electron chi connectivity index (χ0n) is 5.36. The Morgan fingerprint density at radius 1 is 1.25 bits per heavy atom. The second-order valence-electron chi connectivity index (χ2n) is 2.29. The molecule has 0 saturated carbocycles. The first-order chi connectivity index (χ1) is 3.93. The third kappa shape index (κ3) is 1.70. The molecular weight excluding hydrogens is 116 g/mol. The van der Waals surface area contributed by atoms with Crippen LogP contribution >= 0.6 is 0 Å². The Morgan fingerprint density at radius 2 is 1.88 bits per heavy atom. The molecule has 0 N–H and O–H groups in total. The van der Waals surface area contributed by atoms with Crippen molar-refractivity contribution in [3.63, 3.8) is 0 Å². The van der Waals surface area contributed by atoms with E-state index >= 15 is 0 Å². The van der Waals surface area contributed by atoms with E-state index < -0.39 is 0 Å². The fourth-order valence-electron chi connectivity index (χ4n) is 1.12. The first kappa shape index (κ1) is 6.47. The molecule has 1 rings (SSSR count). The molecule has 47 valence electrons. The summed E-state index contributed by atoms with van der Waals surface area (Å²) in [6.45, 7) is 3.86. The highest BCUT2D eigenvalue weighted by Crippen LogP contribution is 2.13. The van der Waals surface area contributed by atoms with Crippen LogP contribution in [0.4, 0.5) is 0 Å². The minimum Gasteiger partial charge on any atom is -0.0487 e. The summed E-state index contributed by atoms with van der Waals surface area (Å²) < 4.78 is 0. The molecular formula is C7H14S+. The van der Waals surface area contributed by atoms with E-state index in [1.807, 2.05) is 0 Å². The summed E-state index contributed by atoms with van der Waals surface area (Å²) in [6.07, 6.45) is 4.13. The number of rotatable bonds is 2. The molecule has 1 heteroatoms. The van der Waals surface area contributed by atoms with Crippen molar-refractivity contribution in [2.45, 2.75) is 19.3 Å². The first-order valence-corrected chi connectivity index (χ1v) is 5.10. The van der Waals surface area contributed by atoms with E-state index in [0.717, 1.165) is 17.3 Å². The summed E-state index contributed by atoms with van der Waals surface area (Å²) in [5.74, 6) is 4.42. The van der Waals surface area contributed by atoms with Gasteiger partial charge < -0.3 is 0 Å². The molecule has 1 saturated heterocycles. The second kappa shape index (κ2) is 3.39. The molecule has 1 aliphatic rings. The molecule has 0 unspecified atom stereocenters. The SMILES string of the molecule is [CH2]CC[S+]1CCCC1. The maximum atomic E-state index is 3.86. The van der Waals surface area contributed by atoms with Gasteiger partial charge in [-0.1, -0.05) is 0 Å². The lowest BCUT2D eigenvalue weighted by Gasteiger charge is -1.94. The van der Waals surface area contributed by atoms with Crippen molar-refractivity contribution < 1.29 is 0 Å². The lowest BCUT2D eigenvalue weighted by atomic mass is 10.4. The third-order valence-electron chi connectivity index (χ3n) is 1.55. The average Bonchev–Trinajstić information content (AvgIpc) is 2.19. The third-order valence-corrected chi connectivity index (χ3v) is 4.15. The van der Waals surface area contributed by atoms with Gasteiger partial charge in [0, 0.05) is 0 Å². The lowest BCUT2D eigenvalue weighted by molar-refractivity contribution is 0.949. The van der Waals surface area contributed by atoms with Gasteiger partial charge in [-0.25, -0.2) is 0 Å². The molecule has 1 heterocycles. The van der Waals surface area contributed by atoms with Gasteiger partial charge in [-0.15, -0.1) is 0 Å². The van der Waals surface area contributed by atoms with Crippen LogP contribution in [0.2, 0.25) is 0 Å². The largest absolute Gasteiger partial charge is 0.108 e. The van der Waals surface area contributed by atoms with Crippen molar-refractivity contribution in [1.29, 1.82) is 0 Å². The Labute approximate surface area is 55.0 Å². The standard InChI is InChI=1S/C7H14S/c1-2-5-8-6-3-4-7-8/h1-7H2/q+1. The van der Waals surface area contributed by atoms with Crippen LogP contribution in [0.25, 0.3) is 0 Å². The van der Waals surface area contributed by atoms with Gasteiger partial charge in [-0.3, -0.25) is 0 Å². The van der Waals surface area contributed by atoms with Crippen LogP contribution in [0.15, 0.2) is 0 Å².